The van der Waals surface area contributed by atoms with E-state index in [-0.39, 0.29) is 12.1 Å². The van der Waals surface area contributed by atoms with Crippen molar-refractivity contribution < 1.29 is 9.53 Å². The summed E-state index contributed by atoms with van der Waals surface area (Å²) in [4.78, 5) is 13.8. The zero-order valence-corrected chi connectivity index (χ0v) is 16.1. The molecule has 1 aromatic heterocycles. The molecule has 0 atom stereocenters. The third kappa shape index (κ3) is 4.65. The maximum absolute atomic E-state index is 11.6. The fourth-order valence-electron chi connectivity index (χ4n) is 2.99. The number of nitrogens with zero attached hydrogens (tertiary/aromatic N) is 3. The van der Waals surface area contributed by atoms with E-state index in [0.29, 0.717) is 22.2 Å². The standard InChI is InChI=1S/C19H21Cl2N3O2/c1-2-3-19(25)26-14-8-10-24(11-9-14)18-7-6-17(22-23-18)15-5-4-13(20)12-16(15)21/h4-7,12,14H,2-3,8-11H2,1H3. The molecule has 0 unspecified atom stereocenters. The Bertz CT molecular complexity index is 760. The highest BCUT2D eigenvalue weighted by Crippen LogP contribution is 2.29. The molecular weight excluding hydrogens is 373 g/mol. The van der Waals surface area contributed by atoms with Crippen molar-refractivity contribution in [2.75, 3.05) is 18.0 Å². The van der Waals surface area contributed by atoms with Gasteiger partial charge in [0.2, 0.25) is 0 Å². The average Bonchev–Trinajstić information content (AvgIpc) is 2.63. The van der Waals surface area contributed by atoms with Crippen LogP contribution in [-0.2, 0) is 9.53 Å². The SMILES string of the molecule is CCCC(=O)OC1CCN(c2ccc(-c3ccc(Cl)cc3Cl)nn2)CC1. The van der Waals surface area contributed by atoms with E-state index < -0.39 is 0 Å². The predicted octanol–water partition coefficient (Wildman–Crippen LogP) is 4.76. The van der Waals surface area contributed by atoms with E-state index in [1.54, 1.807) is 12.1 Å². The van der Waals surface area contributed by atoms with Crippen LogP contribution in [0.3, 0.4) is 0 Å². The number of esters is 1. The van der Waals surface area contributed by atoms with Gasteiger partial charge in [0, 0.05) is 42.9 Å². The molecule has 0 amide bonds. The lowest BCUT2D eigenvalue weighted by atomic mass is 10.1. The van der Waals surface area contributed by atoms with Crippen LogP contribution in [0.1, 0.15) is 32.6 Å². The number of halogens is 2. The molecule has 5 nitrogen and oxygen atoms in total. The van der Waals surface area contributed by atoms with Crippen molar-refractivity contribution in [2.24, 2.45) is 0 Å². The van der Waals surface area contributed by atoms with Gasteiger partial charge in [-0.05, 0) is 36.8 Å². The summed E-state index contributed by atoms with van der Waals surface area (Å²) in [5.41, 5.74) is 1.51. The molecule has 0 bridgehead atoms. The van der Waals surface area contributed by atoms with Crippen LogP contribution < -0.4 is 4.90 Å². The lowest BCUT2D eigenvalue weighted by molar-refractivity contribution is -0.150. The number of ether oxygens (including phenoxy) is 1. The summed E-state index contributed by atoms with van der Waals surface area (Å²) in [6.07, 6.45) is 2.92. The first-order valence-corrected chi connectivity index (χ1v) is 9.56. The Morgan fingerprint density at radius 3 is 2.58 bits per heavy atom. The first kappa shape index (κ1) is 18.9. The molecule has 0 spiro atoms. The molecular formula is C19H21Cl2N3O2. The fraction of sp³-hybridized carbons (Fsp3) is 0.421. The van der Waals surface area contributed by atoms with E-state index in [1.165, 1.54) is 0 Å². The first-order chi connectivity index (χ1) is 12.6. The van der Waals surface area contributed by atoms with Crippen LogP contribution >= 0.6 is 23.2 Å². The smallest absolute Gasteiger partial charge is 0.306 e. The Kier molecular flexibility index (Phi) is 6.33. The van der Waals surface area contributed by atoms with Crippen LogP contribution in [0.25, 0.3) is 11.3 Å². The highest BCUT2D eigenvalue weighted by molar-refractivity contribution is 6.36. The van der Waals surface area contributed by atoms with Crippen molar-refractivity contribution >= 4 is 35.0 Å². The number of hydrogen-bond donors (Lipinski definition) is 0. The summed E-state index contributed by atoms with van der Waals surface area (Å²) in [7, 11) is 0. The maximum atomic E-state index is 11.6. The first-order valence-electron chi connectivity index (χ1n) is 8.80. The Labute approximate surface area is 163 Å². The summed E-state index contributed by atoms with van der Waals surface area (Å²) >= 11 is 12.2. The third-order valence-electron chi connectivity index (χ3n) is 4.38. The van der Waals surface area contributed by atoms with Gasteiger partial charge in [-0.3, -0.25) is 4.79 Å². The number of hydrogen-bond acceptors (Lipinski definition) is 5. The molecule has 7 heteroatoms. The number of carbonyl (C=O) groups is 1. The highest BCUT2D eigenvalue weighted by Gasteiger charge is 2.23. The van der Waals surface area contributed by atoms with Crippen molar-refractivity contribution in [1.29, 1.82) is 0 Å². The van der Waals surface area contributed by atoms with Crippen molar-refractivity contribution in [3.05, 3.63) is 40.4 Å². The van der Waals surface area contributed by atoms with Crippen molar-refractivity contribution in [3.63, 3.8) is 0 Å². The summed E-state index contributed by atoms with van der Waals surface area (Å²) in [5.74, 6) is 0.715. The van der Waals surface area contributed by atoms with Crippen molar-refractivity contribution in [2.45, 2.75) is 38.7 Å². The van der Waals surface area contributed by atoms with E-state index in [9.17, 15) is 4.79 Å². The van der Waals surface area contributed by atoms with Crippen molar-refractivity contribution in [1.82, 2.24) is 10.2 Å². The molecule has 1 aromatic carbocycles. The molecule has 1 aliphatic heterocycles. The molecule has 0 N–H and O–H groups in total. The largest absolute Gasteiger partial charge is 0.462 e. The number of anilines is 1. The Hall–Kier alpha value is -1.85. The summed E-state index contributed by atoms with van der Waals surface area (Å²) in [6, 6.07) is 9.16. The molecule has 2 aromatic rings. The van der Waals surface area contributed by atoms with Gasteiger partial charge in [0.15, 0.2) is 5.82 Å². The summed E-state index contributed by atoms with van der Waals surface area (Å²) in [6.45, 7) is 3.56. The van der Waals surface area contributed by atoms with Gasteiger partial charge >= 0.3 is 5.97 Å². The fourth-order valence-corrected chi connectivity index (χ4v) is 3.49. The van der Waals surface area contributed by atoms with Gasteiger partial charge in [-0.1, -0.05) is 30.1 Å². The van der Waals surface area contributed by atoms with E-state index in [2.05, 4.69) is 15.1 Å². The van der Waals surface area contributed by atoms with Crippen LogP contribution in [0.2, 0.25) is 10.0 Å². The van der Waals surface area contributed by atoms with E-state index in [0.717, 1.165) is 43.7 Å². The molecule has 1 aliphatic rings. The Balaban J connectivity index is 1.60. The number of benzene rings is 1. The Morgan fingerprint density at radius 2 is 1.96 bits per heavy atom. The van der Waals surface area contributed by atoms with Gasteiger partial charge in [0.25, 0.3) is 0 Å². The van der Waals surface area contributed by atoms with Gasteiger partial charge in [-0.2, -0.15) is 0 Å². The van der Waals surface area contributed by atoms with Crippen molar-refractivity contribution in [3.8, 4) is 11.3 Å². The lowest BCUT2D eigenvalue weighted by Crippen LogP contribution is -2.38. The molecule has 0 radical (unpaired) electrons. The minimum Gasteiger partial charge on any atom is -0.462 e. The molecule has 2 heterocycles. The normalized spacial score (nSPS) is 15.1. The zero-order valence-electron chi connectivity index (χ0n) is 14.6. The molecule has 26 heavy (non-hydrogen) atoms. The number of rotatable bonds is 5. The molecule has 3 rings (SSSR count). The van der Waals surface area contributed by atoms with Gasteiger partial charge in [0.1, 0.15) is 6.10 Å². The third-order valence-corrected chi connectivity index (χ3v) is 4.92. The molecule has 1 fully saturated rings. The molecule has 138 valence electrons. The zero-order chi connectivity index (χ0) is 18.5. The molecule has 1 saturated heterocycles. The van der Waals surface area contributed by atoms with Crippen LogP contribution in [0.5, 0.6) is 0 Å². The Morgan fingerprint density at radius 1 is 1.19 bits per heavy atom. The quantitative estimate of drug-likeness (QED) is 0.685. The number of aromatic nitrogens is 2. The molecule has 0 saturated carbocycles. The van der Waals surface area contributed by atoms with Crippen LogP contribution in [0.4, 0.5) is 5.82 Å². The predicted molar refractivity (Wildman–Crippen MR) is 104 cm³/mol. The number of carbonyl (C=O) groups excluding carboxylic acids is 1. The lowest BCUT2D eigenvalue weighted by Gasteiger charge is -2.32. The minimum absolute atomic E-state index is 0.00501. The second-order valence-electron chi connectivity index (χ2n) is 6.33. The van der Waals surface area contributed by atoms with Crippen LogP contribution in [0.15, 0.2) is 30.3 Å². The highest BCUT2D eigenvalue weighted by atomic mass is 35.5. The second-order valence-corrected chi connectivity index (χ2v) is 7.17. The van der Waals surface area contributed by atoms with Gasteiger partial charge in [-0.15, -0.1) is 10.2 Å². The average molecular weight is 394 g/mol. The van der Waals surface area contributed by atoms with Gasteiger partial charge in [0.05, 0.1) is 10.7 Å². The van der Waals surface area contributed by atoms with E-state index in [4.69, 9.17) is 27.9 Å². The molecule has 0 aliphatic carbocycles. The monoisotopic (exact) mass is 393 g/mol. The topological polar surface area (TPSA) is 55.3 Å². The number of piperidine rings is 1. The second kappa shape index (κ2) is 8.69. The van der Waals surface area contributed by atoms with Crippen LogP contribution in [0, 0.1) is 0 Å². The van der Waals surface area contributed by atoms with E-state index in [1.807, 2.05) is 25.1 Å². The van der Waals surface area contributed by atoms with Gasteiger partial charge in [-0.25, -0.2) is 0 Å². The van der Waals surface area contributed by atoms with Crippen LogP contribution in [-0.4, -0.2) is 35.4 Å². The summed E-state index contributed by atoms with van der Waals surface area (Å²) in [5, 5.41) is 9.78. The van der Waals surface area contributed by atoms with E-state index >= 15 is 0 Å². The minimum atomic E-state index is -0.102. The summed E-state index contributed by atoms with van der Waals surface area (Å²) < 4.78 is 5.49. The maximum Gasteiger partial charge on any atom is 0.306 e. The van der Waals surface area contributed by atoms with Gasteiger partial charge < -0.3 is 9.64 Å².